The van der Waals surface area contributed by atoms with E-state index in [1.165, 1.54) is 0 Å². The highest BCUT2D eigenvalue weighted by Gasteiger charge is 2.52. The first kappa shape index (κ1) is 14.5. The van der Waals surface area contributed by atoms with Gasteiger partial charge in [-0.2, -0.15) is 0 Å². The van der Waals surface area contributed by atoms with Crippen molar-refractivity contribution in [3.05, 3.63) is 59.1 Å². The molecule has 4 heteroatoms. The summed E-state index contributed by atoms with van der Waals surface area (Å²) in [6.45, 7) is 0. The molecule has 2 nitrogen and oxygen atoms in total. The molecule has 0 radical (unpaired) electrons. The lowest BCUT2D eigenvalue weighted by molar-refractivity contribution is -0.118. The number of carbonyl (C=O) groups excluding carboxylic acids is 1. The fraction of sp³-hybridized carbons (Fsp3) is 0.235. The number of amides is 1. The third-order valence-electron chi connectivity index (χ3n) is 3.90. The summed E-state index contributed by atoms with van der Waals surface area (Å²) in [7, 11) is 0. The van der Waals surface area contributed by atoms with Gasteiger partial charge in [0.2, 0.25) is 5.91 Å². The minimum atomic E-state index is -0.451. The summed E-state index contributed by atoms with van der Waals surface area (Å²) < 4.78 is 0. The summed E-state index contributed by atoms with van der Waals surface area (Å²) in [6.07, 6.45) is 3.72. The second-order valence-electron chi connectivity index (χ2n) is 5.25. The maximum absolute atomic E-state index is 12.7. The molecule has 1 amide bonds. The number of thioether (sulfide) groups is 1. The molecule has 3 rings (SSSR count). The van der Waals surface area contributed by atoms with Crippen LogP contribution in [0.5, 0.6) is 0 Å². The Hall–Kier alpha value is -1.45. The normalized spacial score (nSPS) is 15.5. The number of benzene rings is 2. The van der Waals surface area contributed by atoms with Crippen LogP contribution in [0.3, 0.4) is 0 Å². The van der Waals surface area contributed by atoms with Gasteiger partial charge in [0.25, 0.3) is 0 Å². The van der Waals surface area contributed by atoms with Crippen LogP contribution in [-0.4, -0.2) is 12.2 Å². The molecule has 1 saturated carbocycles. The van der Waals surface area contributed by atoms with Crippen LogP contribution in [0.4, 0.5) is 5.69 Å². The van der Waals surface area contributed by atoms with Crippen LogP contribution < -0.4 is 5.32 Å². The lowest BCUT2D eigenvalue weighted by Gasteiger charge is -2.17. The molecule has 1 N–H and O–H groups in total. The van der Waals surface area contributed by atoms with Gasteiger partial charge in [0.1, 0.15) is 0 Å². The molecule has 0 aromatic heterocycles. The van der Waals surface area contributed by atoms with Crippen molar-refractivity contribution in [3.63, 3.8) is 0 Å². The topological polar surface area (TPSA) is 29.1 Å². The van der Waals surface area contributed by atoms with E-state index < -0.39 is 5.41 Å². The van der Waals surface area contributed by atoms with E-state index in [0.29, 0.717) is 5.02 Å². The van der Waals surface area contributed by atoms with Crippen LogP contribution in [0.2, 0.25) is 5.02 Å². The Balaban J connectivity index is 1.84. The molecule has 0 bridgehead atoms. The fourth-order valence-corrected chi connectivity index (χ4v) is 3.32. The van der Waals surface area contributed by atoms with Crippen molar-refractivity contribution in [3.8, 4) is 0 Å². The number of hydrogen-bond acceptors (Lipinski definition) is 2. The molecule has 0 heterocycles. The predicted octanol–water partition coefficient (Wildman–Crippen LogP) is 4.73. The average Bonchev–Trinajstić information content (AvgIpc) is 3.29. The van der Waals surface area contributed by atoms with Crippen LogP contribution >= 0.6 is 23.4 Å². The first-order valence-corrected chi connectivity index (χ1v) is 8.46. The van der Waals surface area contributed by atoms with Crippen LogP contribution in [0.15, 0.2) is 53.4 Å². The fourth-order valence-electron chi connectivity index (χ4n) is 2.54. The summed E-state index contributed by atoms with van der Waals surface area (Å²) in [5.74, 6) is 0.0360. The van der Waals surface area contributed by atoms with Crippen LogP contribution in [-0.2, 0) is 10.2 Å². The van der Waals surface area contributed by atoms with E-state index in [9.17, 15) is 4.79 Å². The second kappa shape index (κ2) is 5.74. The number of anilines is 1. The van der Waals surface area contributed by atoms with Crippen molar-refractivity contribution in [2.24, 2.45) is 0 Å². The van der Waals surface area contributed by atoms with Crippen molar-refractivity contribution in [1.82, 2.24) is 0 Å². The zero-order valence-corrected chi connectivity index (χ0v) is 13.3. The third-order valence-corrected chi connectivity index (χ3v) is 4.96. The van der Waals surface area contributed by atoms with E-state index in [0.717, 1.165) is 29.0 Å². The molecular weight excluding hydrogens is 302 g/mol. The molecule has 1 aliphatic carbocycles. The maximum atomic E-state index is 12.7. The van der Waals surface area contributed by atoms with Gasteiger partial charge in [0.05, 0.1) is 5.41 Å². The minimum absolute atomic E-state index is 0.0360. The minimum Gasteiger partial charge on any atom is -0.325 e. The Bertz CT molecular complexity index is 682. The summed E-state index contributed by atoms with van der Waals surface area (Å²) in [6, 6.07) is 15.5. The van der Waals surface area contributed by atoms with Crippen LogP contribution in [0.25, 0.3) is 0 Å². The Morgan fingerprint density at radius 3 is 2.62 bits per heavy atom. The Labute approximate surface area is 133 Å². The monoisotopic (exact) mass is 317 g/mol. The van der Waals surface area contributed by atoms with Gasteiger partial charge in [-0.1, -0.05) is 35.9 Å². The molecule has 0 aliphatic heterocycles. The van der Waals surface area contributed by atoms with Gasteiger partial charge in [-0.05, 0) is 48.9 Å². The first-order valence-electron chi connectivity index (χ1n) is 6.86. The number of halogens is 1. The number of carbonyl (C=O) groups is 1. The highest BCUT2D eigenvalue weighted by Crippen LogP contribution is 2.51. The third kappa shape index (κ3) is 2.81. The first-order chi connectivity index (χ1) is 10.2. The molecule has 1 fully saturated rings. The highest BCUT2D eigenvalue weighted by molar-refractivity contribution is 7.98. The van der Waals surface area contributed by atoms with E-state index in [1.54, 1.807) is 11.8 Å². The summed E-state index contributed by atoms with van der Waals surface area (Å²) >= 11 is 7.92. The summed E-state index contributed by atoms with van der Waals surface area (Å²) in [4.78, 5) is 13.8. The van der Waals surface area contributed by atoms with Crippen molar-refractivity contribution >= 4 is 35.0 Å². The molecule has 21 heavy (non-hydrogen) atoms. The molecular formula is C17H16ClNOS. The summed E-state index contributed by atoms with van der Waals surface area (Å²) in [5.41, 5.74) is 1.32. The van der Waals surface area contributed by atoms with Crippen LogP contribution in [0.1, 0.15) is 18.4 Å². The molecule has 2 aromatic carbocycles. The molecule has 0 saturated heterocycles. The zero-order valence-electron chi connectivity index (χ0n) is 11.7. The quantitative estimate of drug-likeness (QED) is 0.826. The van der Waals surface area contributed by atoms with Crippen molar-refractivity contribution in [2.45, 2.75) is 23.2 Å². The van der Waals surface area contributed by atoms with Gasteiger partial charge in [-0.15, -0.1) is 11.8 Å². The smallest absolute Gasteiger partial charge is 0.235 e. The standard InChI is InChI=1S/C17H16ClNOS/c1-21-13-6-4-5-12(11-13)19-16(20)17(9-10-17)14-7-2-3-8-15(14)18/h2-8,11H,9-10H2,1H3,(H,19,20). The molecule has 0 spiro atoms. The molecule has 1 aliphatic rings. The Morgan fingerprint density at radius 2 is 1.95 bits per heavy atom. The van der Waals surface area contributed by atoms with E-state index in [1.807, 2.05) is 54.8 Å². The molecule has 0 atom stereocenters. The largest absolute Gasteiger partial charge is 0.325 e. The van der Waals surface area contributed by atoms with Crippen LogP contribution in [0, 0.1) is 0 Å². The number of hydrogen-bond donors (Lipinski definition) is 1. The van der Waals surface area contributed by atoms with E-state index in [4.69, 9.17) is 11.6 Å². The predicted molar refractivity (Wildman–Crippen MR) is 89.2 cm³/mol. The average molecular weight is 318 g/mol. The van der Waals surface area contributed by atoms with E-state index in [-0.39, 0.29) is 5.91 Å². The number of nitrogens with one attached hydrogen (secondary N) is 1. The van der Waals surface area contributed by atoms with Crippen molar-refractivity contribution in [1.29, 1.82) is 0 Å². The van der Waals surface area contributed by atoms with Crippen molar-refractivity contribution < 1.29 is 4.79 Å². The van der Waals surface area contributed by atoms with Gasteiger partial charge >= 0.3 is 0 Å². The van der Waals surface area contributed by atoms with Gasteiger partial charge in [0.15, 0.2) is 0 Å². The van der Waals surface area contributed by atoms with Gasteiger partial charge in [0, 0.05) is 15.6 Å². The second-order valence-corrected chi connectivity index (χ2v) is 6.53. The summed E-state index contributed by atoms with van der Waals surface area (Å²) in [5, 5.41) is 3.70. The Kier molecular flexibility index (Phi) is 3.96. The highest BCUT2D eigenvalue weighted by atomic mass is 35.5. The SMILES string of the molecule is CSc1cccc(NC(=O)C2(c3ccccc3Cl)CC2)c1. The van der Waals surface area contributed by atoms with Gasteiger partial charge in [-0.25, -0.2) is 0 Å². The van der Waals surface area contributed by atoms with E-state index in [2.05, 4.69) is 5.32 Å². The lowest BCUT2D eigenvalue weighted by atomic mass is 9.95. The zero-order chi connectivity index (χ0) is 14.9. The Morgan fingerprint density at radius 1 is 1.19 bits per heavy atom. The lowest BCUT2D eigenvalue weighted by Crippen LogP contribution is -2.28. The van der Waals surface area contributed by atoms with Gasteiger partial charge < -0.3 is 5.32 Å². The maximum Gasteiger partial charge on any atom is 0.235 e. The van der Waals surface area contributed by atoms with E-state index >= 15 is 0 Å². The molecule has 0 unspecified atom stereocenters. The molecule has 2 aromatic rings. The van der Waals surface area contributed by atoms with Crippen molar-refractivity contribution in [2.75, 3.05) is 11.6 Å². The molecule has 108 valence electrons. The number of rotatable bonds is 4. The van der Waals surface area contributed by atoms with Gasteiger partial charge in [-0.3, -0.25) is 4.79 Å².